The molecule has 0 aliphatic rings. The predicted molar refractivity (Wildman–Crippen MR) is 37.6 cm³/mol. The van der Waals surface area contributed by atoms with Gasteiger partial charge in [-0.2, -0.15) is 0 Å². The molecule has 5 heteroatoms. The molecule has 0 aliphatic heterocycles. The highest BCUT2D eigenvalue weighted by Crippen LogP contribution is 1.42. The van der Waals surface area contributed by atoms with Crippen molar-refractivity contribution in [2.45, 2.75) is 6.92 Å². The van der Waals surface area contributed by atoms with Crippen molar-refractivity contribution in [1.82, 2.24) is 0 Å². The third-order valence-corrected chi connectivity index (χ3v) is 0. The maximum absolute atomic E-state index is 9.00. The molecule has 7 heavy (non-hydrogen) atoms. The Morgan fingerprint density at radius 3 is 1.43 bits per heavy atom. The zero-order chi connectivity index (χ0) is 3.58. The van der Waals surface area contributed by atoms with Gasteiger partial charge in [0, 0.05) is 6.92 Å². The van der Waals surface area contributed by atoms with Gasteiger partial charge in [0.05, 0.1) is 0 Å². The fraction of sp³-hybridized carbons (Fsp3) is 0.500. The zero-order valence-corrected chi connectivity index (χ0v) is 7.10. The van der Waals surface area contributed by atoms with Crippen molar-refractivity contribution in [3.05, 3.63) is 0 Å². The molecule has 0 aromatic rings. The first-order chi connectivity index (χ1) is 1.73. The molecule has 0 heterocycles. The summed E-state index contributed by atoms with van der Waals surface area (Å²) in [6, 6.07) is 0. The summed E-state index contributed by atoms with van der Waals surface area (Å²) in [6.07, 6.45) is 0. The van der Waals surface area contributed by atoms with Gasteiger partial charge in [-0.05, 0) is 0 Å². The SMILES string of the molecule is Br.Br.CC(=O)O.O. The summed E-state index contributed by atoms with van der Waals surface area (Å²) >= 11 is 0. The van der Waals surface area contributed by atoms with Crippen LogP contribution in [0.2, 0.25) is 0 Å². The molecule has 0 saturated carbocycles. The average molecular weight is 240 g/mol. The number of hydrogen-bond acceptors (Lipinski definition) is 1. The van der Waals surface area contributed by atoms with E-state index in [9.17, 15) is 0 Å². The van der Waals surface area contributed by atoms with Crippen molar-refractivity contribution in [3.8, 4) is 0 Å². The average Bonchev–Trinajstić information content (AvgIpc) is 0.811. The maximum atomic E-state index is 9.00. The van der Waals surface area contributed by atoms with Gasteiger partial charge in [0.15, 0.2) is 0 Å². The second-order valence-corrected chi connectivity index (χ2v) is 0.519. The van der Waals surface area contributed by atoms with Gasteiger partial charge in [-0.25, -0.2) is 0 Å². The second-order valence-electron chi connectivity index (χ2n) is 0.519. The van der Waals surface area contributed by atoms with Gasteiger partial charge in [-0.15, -0.1) is 34.0 Å². The minimum Gasteiger partial charge on any atom is -0.481 e. The molecule has 0 amide bonds. The van der Waals surface area contributed by atoms with Gasteiger partial charge >= 0.3 is 0 Å². The molecule has 0 aliphatic carbocycles. The molecule has 3 nitrogen and oxygen atoms in total. The van der Waals surface area contributed by atoms with Crippen LogP contribution in [0.1, 0.15) is 6.92 Å². The van der Waals surface area contributed by atoms with Gasteiger partial charge in [0.25, 0.3) is 5.97 Å². The van der Waals surface area contributed by atoms with E-state index in [1.165, 1.54) is 0 Å². The fourth-order valence-corrected chi connectivity index (χ4v) is 0. The summed E-state index contributed by atoms with van der Waals surface area (Å²) in [5.74, 6) is -0.833. The van der Waals surface area contributed by atoms with Gasteiger partial charge in [0.2, 0.25) is 0 Å². The Morgan fingerprint density at radius 2 is 1.43 bits per heavy atom. The minimum atomic E-state index is -0.833. The molecule has 0 rings (SSSR count). The molecule has 0 spiro atoms. The van der Waals surface area contributed by atoms with Gasteiger partial charge in [-0.1, -0.05) is 0 Å². The number of hydrogen-bond donors (Lipinski definition) is 1. The topological polar surface area (TPSA) is 68.8 Å². The molecule has 0 atom stereocenters. The Kier molecular flexibility index (Phi) is 60.6. The first-order valence-electron chi connectivity index (χ1n) is 0.928. The van der Waals surface area contributed by atoms with E-state index in [1.54, 1.807) is 0 Å². The van der Waals surface area contributed by atoms with Crippen LogP contribution in [-0.4, -0.2) is 16.6 Å². The molecule has 0 fully saturated rings. The van der Waals surface area contributed by atoms with E-state index in [1.807, 2.05) is 0 Å². The van der Waals surface area contributed by atoms with E-state index >= 15 is 0 Å². The predicted octanol–water partition coefficient (Wildman–Crippen LogP) is 0.422. The first kappa shape index (κ1) is 26.3. The molecule has 3 N–H and O–H groups in total. The summed E-state index contributed by atoms with van der Waals surface area (Å²) in [6.45, 7) is 1.08. The molecule has 0 unspecified atom stereocenters. The first-order valence-corrected chi connectivity index (χ1v) is 0.928. The van der Waals surface area contributed by atoms with E-state index in [2.05, 4.69) is 0 Å². The standard InChI is InChI=1S/C2H4O2.2BrH.H2O/c1-2(3)4;;;/h1H3,(H,3,4);2*1H;1H2. The van der Waals surface area contributed by atoms with Crippen molar-refractivity contribution in [2.24, 2.45) is 0 Å². The van der Waals surface area contributed by atoms with E-state index < -0.39 is 5.97 Å². The molecule has 0 aromatic carbocycles. The summed E-state index contributed by atoms with van der Waals surface area (Å²) < 4.78 is 0. The van der Waals surface area contributed by atoms with Crippen LogP contribution in [0, 0.1) is 0 Å². The molecular weight excluding hydrogens is 232 g/mol. The van der Waals surface area contributed by atoms with Crippen molar-refractivity contribution in [2.75, 3.05) is 0 Å². The highest BCUT2D eigenvalue weighted by atomic mass is 79.9. The van der Waals surface area contributed by atoms with Crippen molar-refractivity contribution in [3.63, 3.8) is 0 Å². The third kappa shape index (κ3) is 810. The lowest BCUT2D eigenvalue weighted by atomic mass is 10.9. The van der Waals surface area contributed by atoms with E-state index in [4.69, 9.17) is 9.90 Å². The Bertz CT molecular complexity index is 33.9. The lowest BCUT2D eigenvalue weighted by molar-refractivity contribution is -0.134. The highest BCUT2D eigenvalue weighted by molar-refractivity contribution is 8.93. The Labute approximate surface area is 62.6 Å². The molecule has 0 bridgehead atoms. The number of halogens is 2. The largest absolute Gasteiger partial charge is 0.481 e. The van der Waals surface area contributed by atoms with Crippen molar-refractivity contribution in [1.29, 1.82) is 0 Å². The highest BCUT2D eigenvalue weighted by Gasteiger charge is 1.65. The minimum absolute atomic E-state index is 0. The van der Waals surface area contributed by atoms with E-state index in [-0.39, 0.29) is 39.4 Å². The summed E-state index contributed by atoms with van der Waals surface area (Å²) in [5, 5.41) is 7.42. The number of rotatable bonds is 0. The van der Waals surface area contributed by atoms with E-state index in [0.717, 1.165) is 6.92 Å². The zero-order valence-electron chi connectivity index (χ0n) is 3.67. The van der Waals surface area contributed by atoms with Crippen LogP contribution >= 0.6 is 34.0 Å². The third-order valence-electron chi connectivity index (χ3n) is 0. The fourth-order valence-electron chi connectivity index (χ4n) is 0. The van der Waals surface area contributed by atoms with Crippen LogP contribution in [0.25, 0.3) is 0 Å². The lowest BCUT2D eigenvalue weighted by Gasteiger charge is -1.59. The number of aliphatic carboxylic acids is 1. The monoisotopic (exact) mass is 238 g/mol. The van der Waals surface area contributed by atoms with Crippen LogP contribution < -0.4 is 0 Å². The summed E-state index contributed by atoms with van der Waals surface area (Å²) in [5.41, 5.74) is 0. The molecular formula is C2H8Br2O3. The lowest BCUT2D eigenvalue weighted by Crippen LogP contribution is -1.78. The smallest absolute Gasteiger partial charge is 0.300 e. The van der Waals surface area contributed by atoms with E-state index in [0.29, 0.717) is 0 Å². The van der Waals surface area contributed by atoms with Crippen molar-refractivity contribution >= 4 is 39.9 Å². The number of carboxylic acids is 1. The van der Waals surface area contributed by atoms with Crippen LogP contribution in [0.5, 0.6) is 0 Å². The van der Waals surface area contributed by atoms with Crippen molar-refractivity contribution < 1.29 is 15.4 Å². The Hall–Kier alpha value is 0.390. The van der Waals surface area contributed by atoms with Crippen LogP contribution in [0.4, 0.5) is 0 Å². The van der Waals surface area contributed by atoms with Gasteiger partial charge in [0.1, 0.15) is 0 Å². The molecule has 0 radical (unpaired) electrons. The quantitative estimate of drug-likeness (QED) is 0.666. The van der Waals surface area contributed by atoms with Crippen LogP contribution in [0.3, 0.4) is 0 Å². The molecule has 0 saturated heterocycles. The molecule has 0 aromatic heterocycles. The maximum Gasteiger partial charge on any atom is 0.300 e. The number of carboxylic acid groups (broad SMARTS) is 1. The van der Waals surface area contributed by atoms with Crippen LogP contribution in [-0.2, 0) is 4.79 Å². The van der Waals surface area contributed by atoms with Crippen LogP contribution in [0.15, 0.2) is 0 Å². The molecule has 48 valence electrons. The Morgan fingerprint density at radius 1 is 1.43 bits per heavy atom. The van der Waals surface area contributed by atoms with Gasteiger partial charge in [-0.3, -0.25) is 4.79 Å². The Balaban J connectivity index is -0.0000000150. The number of carbonyl (C=O) groups is 1. The summed E-state index contributed by atoms with van der Waals surface area (Å²) in [4.78, 5) is 9.00. The second kappa shape index (κ2) is 16.2. The normalized spacial score (nSPS) is 3.57. The summed E-state index contributed by atoms with van der Waals surface area (Å²) in [7, 11) is 0. The van der Waals surface area contributed by atoms with Gasteiger partial charge < -0.3 is 10.6 Å².